The summed E-state index contributed by atoms with van der Waals surface area (Å²) in [6.45, 7) is -0.0625. The fraction of sp³-hybridized carbons (Fsp3) is 0.235. The number of halogens is 7. The van der Waals surface area contributed by atoms with Gasteiger partial charge >= 0.3 is 18.3 Å². The molecular formula is C17H14ClF6NO3. The summed E-state index contributed by atoms with van der Waals surface area (Å²) in [5.74, 6) is -0.813. The van der Waals surface area contributed by atoms with Crippen molar-refractivity contribution in [3.05, 3.63) is 69.7 Å². The number of carbonyl (C=O) groups excluding carboxylic acids is 1. The topological polar surface area (TPSA) is 58.6 Å². The van der Waals surface area contributed by atoms with Crippen molar-refractivity contribution >= 4 is 17.6 Å². The van der Waals surface area contributed by atoms with Gasteiger partial charge in [-0.2, -0.15) is 31.6 Å². The normalized spacial score (nSPS) is 11.5. The van der Waals surface area contributed by atoms with Crippen LogP contribution >= 0.6 is 11.6 Å². The molecule has 2 aromatic carbocycles. The maximum Gasteiger partial charge on any atom is 0.416 e. The second-order valence-electron chi connectivity index (χ2n) is 5.33. The fourth-order valence-electron chi connectivity index (χ4n) is 1.99. The summed E-state index contributed by atoms with van der Waals surface area (Å²) in [7, 11) is 1.44. The molecule has 11 heteroatoms. The zero-order chi connectivity index (χ0) is 21.5. The lowest BCUT2D eigenvalue weighted by atomic mass is 10.0. The summed E-state index contributed by atoms with van der Waals surface area (Å²) in [6.07, 6.45) is -9.58. The summed E-state index contributed by atoms with van der Waals surface area (Å²) in [6, 6.07) is 7.62. The molecular weight excluding hydrogens is 416 g/mol. The van der Waals surface area contributed by atoms with E-state index < -0.39 is 29.4 Å². The van der Waals surface area contributed by atoms with E-state index in [1.165, 1.54) is 19.2 Å². The minimum Gasteiger partial charge on any atom is -0.316 e. The van der Waals surface area contributed by atoms with Gasteiger partial charge in [-0.1, -0.05) is 17.7 Å². The lowest BCUT2D eigenvalue weighted by Gasteiger charge is -2.13. The van der Waals surface area contributed by atoms with E-state index >= 15 is 0 Å². The molecule has 0 fully saturated rings. The van der Waals surface area contributed by atoms with Crippen molar-refractivity contribution in [1.29, 1.82) is 0 Å². The standard InChI is InChI=1S/C10H9F6N.C7H5ClO3/c1-17-5-6-2-7(9(11,12)13)4-8(3-6)10(14,15)16;8-6-3-1-2-5(4-6)7(9)11-10/h2-4,17H,5H2,1H3;1-4,10H. The molecule has 0 heterocycles. The predicted molar refractivity (Wildman–Crippen MR) is 88.7 cm³/mol. The lowest BCUT2D eigenvalue weighted by Crippen LogP contribution is -2.14. The maximum absolute atomic E-state index is 12.4. The molecule has 0 saturated carbocycles. The Kier molecular flexibility index (Phi) is 8.28. The Hall–Kier alpha value is -2.30. The van der Waals surface area contributed by atoms with Crippen LogP contribution in [0.5, 0.6) is 0 Å². The molecule has 0 saturated heterocycles. The molecule has 4 nitrogen and oxygen atoms in total. The number of nitrogens with one attached hydrogen (secondary N) is 1. The molecule has 2 N–H and O–H groups in total. The summed E-state index contributed by atoms with van der Waals surface area (Å²) >= 11 is 5.56. The van der Waals surface area contributed by atoms with Crippen molar-refractivity contribution in [2.24, 2.45) is 0 Å². The van der Waals surface area contributed by atoms with Crippen LogP contribution in [0, 0.1) is 0 Å². The van der Waals surface area contributed by atoms with E-state index in [0.29, 0.717) is 17.2 Å². The minimum absolute atomic E-state index is 0.0605. The maximum atomic E-state index is 12.4. The van der Waals surface area contributed by atoms with Crippen LogP contribution in [0.15, 0.2) is 42.5 Å². The SMILES string of the molecule is CNCc1cc(C(F)(F)F)cc(C(F)(F)F)c1.O=C(OO)c1cccc(Cl)c1. The van der Waals surface area contributed by atoms with Gasteiger partial charge < -0.3 is 5.32 Å². The molecule has 0 aromatic heterocycles. The van der Waals surface area contributed by atoms with E-state index in [9.17, 15) is 31.1 Å². The summed E-state index contributed by atoms with van der Waals surface area (Å²) in [5.41, 5.74) is -2.43. The van der Waals surface area contributed by atoms with Crippen LogP contribution in [-0.2, 0) is 23.8 Å². The smallest absolute Gasteiger partial charge is 0.316 e. The molecule has 0 radical (unpaired) electrons. The van der Waals surface area contributed by atoms with E-state index in [1.54, 1.807) is 12.1 Å². The lowest BCUT2D eigenvalue weighted by molar-refractivity contribution is -0.182. The van der Waals surface area contributed by atoms with Crippen LogP contribution in [0.1, 0.15) is 27.0 Å². The van der Waals surface area contributed by atoms with Gasteiger partial charge in [-0.15, -0.1) is 0 Å². The van der Waals surface area contributed by atoms with Gasteiger partial charge in [0, 0.05) is 11.6 Å². The van der Waals surface area contributed by atoms with E-state index in [4.69, 9.17) is 16.9 Å². The van der Waals surface area contributed by atoms with Crippen molar-refractivity contribution in [3.8, 4) is 0 Å². The highest BCUT2D eigenvalue weighted by molar-refractivity contribution is 6.30. The summed E-state index contributed by atoms with van der Waals surface area (Å²) in [5, 5.41) is 10.9. The third kappa shape index (κ3) is 7.37. The van der Waals surface area contributed by atoms with E-state index in [2.05, 4.69) is 10.2 Å². The first-order valence-electron chi connectivity index (χ1n) is 7.42. The summed E-state index contributed by atoms with van der Waals surface area (Å²) < 4.78 is 74.3. The molecule has 0 aliphatic carbocycles. The first-order valence-corrected chi connectivity index (χ1v) is 7.80. The first kappa shape index (κ1) is 23.7. The monoisotopic (exact) mass is 429 g/mol. The predicted octanol–water partition coefficient (Wildman–Crippen LogP) is 5.41. The summed E-state index contributed by atoms with van der Waals surface area (Å²) in [4.78, 5) is 14.1. The number of carbonyl (C=O) groups is 1. The number of rotatable bonds is 3. The van der Waals surface area contributed by atoms with E-state index in [-0.39, 0.29) is 23.7 Å². The average molecular weight is 430 g/mol. The van der Waals surface area contributed by atoms with Gasteiger partial charge in [-0.25, -0.2) is 4.79 Å². The minimum atomic E-state index is -4.79. The zero-order valence-electron chi connectivity index (χ0n) is 14.2. The zero-order valence-corrected chi connectivity index (χ0v) is 14.9. The average Bonchev–Trinajstić information content (AvgIpc) is 2.60. The second kappa shape index (κ2) is 9.76. The number of hydrogen-bond acceptors (Lipinski definition) is 4. The molecule has 0 aliphatic rings. The van der Waals surface area contributed by atoms with Crippen molar-refractivity contribution in [2.75, 3.05) is 7.05 Å². The van der Waals surface area contributed by atoms with Crippen LogP contribution in [0.25, 0.3) is 0 Å². The molecule has 0 unspecified atom stereocenters. The number of benzene rings is 2. The van der Waals surface area contributed by atoms with Crippen molar-refractivity contribution in [1.82, 2.24) is 5.32 Å². The van der Waals surface area contributed by atoms with Crippen LogP contribution in [0.4, 0.5) is 26.3 Å². The van der Waals surface area contributed by atoms with Gasteiger partial charge in [0.2, 0.25) is 0 Å². The Labute approximate surface area is 160 Å². The van der Waals surface area contributed by atoms with Gasteiger partial charge in [0.1, 0.15) is 0 Å². The largest absolute Gasteiger partial charge is 0.416 e. The Bertz CT molecular complexity index is 776. The van der Waals surface area contributed by atoms with Crippen LogP contribution in [-0.4, -0.2) is 18.3 Å². The highest BCUT2D eigenvalue weighted by atomic mass is 35.5. The molecule has 2 aromatic rings. The molecule has 28 heavy (non-hydrogen) atoms. The molecule has 0 atom stereocenters. The third-order valence-corrected chi connectivity index (χ3v) is 3.41. The Morgan fingerprint density at radius 2 is 1.57 bits per heavy atom. The van der Waals surface area contributed by atoms with Gasteiger partial charge in [0.15, 0.2) is 0 Å². The van der Waals surface area contributed by atoms with Gasteiger partial charge in [0.25, 0.3) is 0 Å². The number of alkyl halides is 6. The van der Waals surface area contributed by atoms with Crippen LogP contribution in [0.3, 0.4) is 0 Å². The molecule has 2 rings (SSSR count). The highest BCUT2D eigenvalue weighted by Crippen LogP contribution is 2.36. The Balaban J connectivity index is 0.000000307. The fourth-order valence-corrected chi connectivity index (χ4v) is 2.18. The molecule has 0 aliphatic heterocycles. The molecule has 0 spiro atoms. The van der Waals surface area contributed by atoms with Crippen molar-refractivity contribution in [3.63, 3.8) is 0 Å². The van der Waals surface area contributed by atoms with Crippen LogP contribution < -0.4 is 5.32 Å². The van der Waals surface area contributed by atoms with Gasteiger partial charge in [-0.3, -0.25) is 4.89 Å². The first-order chi connectivity index (χ1) is 12.9. The van der Waals surface area contributed by atoms with Gasteiger partial charge in [-0.05, 0) is 49.0 Å². The van der Waals surface area contributed by atoms with Gasteiger partial charge in [0.05, 0.1) is 16.7 Å². The van der Waals surface area contributed by atoms with Crippen LogP contribution in [0.2, 0.25) is 5.02 Å². The Morgan fingerprint density at radius 1 is 1.04 bits per heavy atom. The Morgan fingerprint density at radius 3 is 1.96 bits per heavy atom. The highest BCUT2D eigenvalue weighted by Gasteiger charge is 2.36. The van der Waals surface area contributed by atoms with Crippen molar-refractivity contribution < 1.29 is 41.3 Å². The third-order valence-electron chi connectivity index (χ3n) is 3.17. The molecule has 154 valence electrons. The van der Waals surface area contributed by atoms with E-state index in [0.717, 1.165) is 0 Å². The quantitative estimate of drug-likeness (QED) is 0.389. The molecule has 0 amide bonds. The second-order valence-corrected chi connectivity index (χ2v) is 5.77. The van der Waals surface area contributed by atoms with Crippen molar-refractivity contribution in [2.45, 2.75) is 18.9 Å². The molecule has 0 bridgehead atoms. The van der Waals surface area contributed by atoms with E-state index in [1.807, 2.05) is 0 Å². The number of hydrogen-bond donors (Lipinski definition) is 2.